The van der Waals surface area contributed by atoms with Crippen LogP contribution in [0.2, 0.25) is 0 Å². The lowest BCUT2D eigenvalue weighted by atomic mass is 10.2. The van der Waals surface area contributed by atoms with E-state index in [1.165, 1.54) is 17.9 Å². The van der Waals surface area contributed by atoms with Crippen molar-refractivity contribution in [2.45, 2.75) is 32.9 Å². The first kappa shape index (κ1) is 14.6. The maximum Gasteiger partial charge on any atom is 0.183 e. The summed E-state index contributed by atoms with van der Waals surface area (Å²) in [6, 6.07) is 2.52. The van der Waals surface area contributed by atoms with Crippen molar-refractivity contribution in [2.75, 3.05) is 11.5 Å². The molecule has 0 saturated heterocycles. The minimum Gasteiger partial charge on any atom is -0.452 e. The van der Waals surface area contributed by atoms with Gasteiger partial charge in [0.25, 0.3) is 0 Å². The first-order chi connectivity index (χ1) is 7.63. The maximum atomic E-state index is 5.49. The second-order valence-electron chi connectivity index (χ2n) is 3.60. The van der Waals surface area contributed by atoms with Gasteiger partial charge >= 0.3 is 0 Å². The van der Waals surface area contributed by atoms with Gasteiger partial charge < -0.3 is 9.73 Å². The smallest absolute Gasteiger partial charge is 0.183 e. The summed E-state index contributed by atoms with van der Waals surface area (Å²) in [6.45, 7) is 5.19. The maximum absolute atomic E-state index is 5.49. The quantitative estimate of drug-likeness (QED) is 0.719. The zero-order valence-corrected chi connectivity index (χ0v) is 13.5. The highest BCUT2D eigenvalue weighted by Gasteiger charge is 2.07. The molecule has 0 spiro atoms. The fourth-order valence-corrected chi connectivity index (χ4v) is 2.73. The van der Waals surface area contributed by atoms with E-state index in [2.05, 4.69) is 51.0 Å². The predicted molar refractivity (Wildman–Crippen MR) is 78.0 cm³/mol. The Morgan fingerprint density at radius 1 is 1.50 bits per heavy atom. The second-order valence-corrected chi connectivity index (χ2v) is 6.57. The number of hydrogen-bond acceptors (Lipinski definition) is 3. The SMILES string of the molecule is CCSCCC(C)NCc1cc(Br)c(Br)o1. The molecular formula is C11H17Br2NOS. The molecule has 1 N–H and O–H groups in total. The van der Waals surface area contributed by atoms with Gasteiger partial charge in [-0.3, -0.25) is 0 Å². The first-order valence-electron chi connectivity index (χ1n) is 5.38. The van der Waals surface area contributed by atoms with Crippen LogP contribution < -0.4 is 5.32 Å². The van der Waals surface area contributed by atoms with Crippen LogP contribution in [0.4, 0.5) is 0 Å². The van der Waals surface area contributed by atoms with Gasteiger partial charge in [-0.2, -0.15) is 11.8 Å². The van der Waals surface area contributed by atoms with E-state index >= 15 is 0 Å². The van der Waals surface area contributed by atoms with E-state index in [0.29, 0.717) is 6.04 Å². The highest BCUT2D eigenvalue weighted by molar-refractivity contribution is 9.13. The molecule has 2 nitrogen and oxygen atoms in total. The molecule has 0 aromatic carbocycles. The standard InChI is InChI=1S/C11H17Br2NOS/c1-3-16-5-4-8(2)14-7-9-6-10(12)11(13)15-9/h6,8,14H,3-5,7H2,1-2H3. The Morgan fingerprint density at radius 3 is 2.81 bits per heavy atom. The number of furan rings is 1. The topological polar surface area (TPSA) is 25.2 Å². The summed E-state index contributed by atoms with van der Waals surface area (Å²) in [7, 11) is 0. The van der Waals surface area contributed by atoms with Crippen molar-refractivity contribution in [3.05, 3.63) is 21.0 Å². The van der Waals surface area contributed by atoms with Gasteiger partial charge in [0.2, 0.25) is 0 Å². The van der Waals surface area contributed by atoms with Crippen LogP contribution in [0, 0.1) is 0 Å². The molecule has 1 rings (SSSR count). The van der Waals surface area contributed by atoms with Gasteiger partial charge in [0.1, 0.15) is 5.76 Å². The van der Waals surface area contributed by atoms with Crippen LogP contribution in [0.15, 0.2) is 19.6 Å². The zero-order valence-electron chi connectivity index (χ0n) is 9.56. The van der Waals surface area contributed by atoms with Crippen LogP contribution in [0.3, 0.4) is 0 Å². The van der Waals surface area contributed by atoms with Crippen LogP contribution >= 0.6 is 43.6 Å². The second kappa shape index (κ2) is 7.80. The molecule has 0 fully saturated rings. The summed E-state index contributed by atoms with van der Waals surface area (Å²) in [6.07, 6.45) is 1.20. The molecule has 0 radical (unpaired) electrons. The molecule has 92 valence electrons. The third-order valence-electron chi connectivity index (χ3n) is 2.22. The van der Waals surface area contributed by atoms with Crippen LogP contribution in [0.1, 0.15) is 26.0 Å². The van der Waals surface area contributed by atoms with Crippen molar-refractivity contribution >= 4 is 43.6 Å². The largest absolute Gasteiger partial charge is 0.452 e. The summed E-state index contributed by atoms with van der Waals surface area (Å²) < 4.78 is 7.23. The van der Waals surface area contributed by atoms with E-state index in [9.17, 15) is 0 Å². The van der Waals surface area contributed by atoms with Crippen LogP contribution in [0.5, 0.6) is 0 Å². The Balaban J connectivity index is 2.23. The van der Waals surface area contributed by atoms with E-state index in [1.807, 2.05) is 17.8 Å². The van der Waals surface area contributed by atoms with Crippen molar-refractivity contribution in [1.82, 2.24) is 5.32 Å². The Bertz CT molecular complexity index is 297. The summed E-state index contributed by atoms with van der Waals surface area (Å²) in [4.78, 5) is 0. The molecule has 1 aromatic heterocycles. The van der Waals surface area contributed by atoms with Gasteiger partial charge in [-0.25, -0.2) is 0 Å². The summed E-state index contributed by atoms with van der Waals surface area (Å²) in [5.74, 6) is 3.37. The predicted octanol–water partition coefficient (Wildman–Crippen LogP) is 4.43. The van der Waals surface area contributed by atoms with Gasteiger partial charge in [0, 0.05) is 6.04 Å². The first-order valence-corrected chi connectivity index (χ1v) is 8.12. The average Bonchev–Trinajstić information content (AvgIpc) is 2.56. The molecule has 5 heteroatoms. The van der Waals surface area contributed by atoms with Gasteiger partial charge in [-0.15, -0.1) is 0 Å². The van der Waals surface area contributed by atoms with Crippen LogP contribution in [0.25, 0.3) is 0 Å². The molecular weight excluding hydrogens is 354 g/mol. The zero-order chi connectivity index (χ0) is 12.0. The fraction of sp³-hybridized carbons (Fsp3) is 0.636. The molecule has 16 heavy (non-hydrogen) atoms. The lowest BCUT2D eigenvalue weighted by molar-refractivity contribution is 0.439. The van der Waals surface area contributed by atoms with E-state index < -0.39 is 0 Å². The Labute approximate surface area is 118 Å². The minimum absolute atomic E-state index is 0.529. The monoisotopic (exact) mass is 369 g/mol. The molecule has 0 amide bonds. The van der Waals surface area contributed by atoms with Crippen molar-refractivity contribution in [3.8, 4) is 0 Å². The molecule has 1 aromatic rings. The van der Waals surface area contributed by atoms with E-state index in [0.717, 1.165) is 21.4 Å². The molecule has 0 aliphatic carbocycles. The molecule has 0 saturated carbocycles. The fourth-order valence-electron chi connectivity index (χ4n) is 1.26. The Kier molecular flexibility index (Phi) is 7.12. The van der Waals surface area contributed by atoms with Crippen molar-refractivity contribution < 1.29 is 4.42 Å². The highest BCUT2D eigenvalue weighted by atomic mass is 79.9. The number of hydrogen-bond donors (Lipinski definition) is 1. The molecule has 1 heterocycles. The van der Waals surface area contributed by atoms with Gasteiger partial charge in [0.15, 0.2) is 4.67 Å². The third-order valence-corrected chi connectivity index (χ3v) is 4.86. The third kappa shape index (κ3) is 5.25. The Hall–Kier alpha value is 0.550. The molecule has 0 aliphatic heterocycles. The molecule has 1 unspecified atom stereocenters. The number of thioether (sulfide) groups is 1. The van der Waals surface area contributed by atoms with Crippen LogP contribution in [-0.4, -0.2) is 17.5 Å². The number of nitrogens with one attached hydrogen (secondary N) is 1. The van der Waals surface area contributed by atoms with Crippen molar-refractivity contribution in [3.63, 3.8) is 0 Å². The van der Waals surface area contributed by atoms with E-state index in [-0.39, 0.29) is 0 Å². The summed E-state index contributed by atoms with van der Waals surface area (Å²) in [5.41, 5.74) is 0. The molecule has 1 atom stereocenters. The number of halogens is 2. The lowest BCUT2D eigenvalue weighted by Gasteiger charge is -2.11. The summed E-state index contributed by atoms with van der Waals surface area (Å²) >= 11 is 8.72. The van der Waals surface area contributed by atoms with Gasteiger partial charge in [0.05, 0.1) is 11.0 Å². The van der Waals surface area contributed by atoms with Crippen molar-refractivity contribution in [1.29, 1.82) is 0 Å². The van der Waals surface area contributed by atoms with Crippen LogP contribution in [-0.2, 0) is 6.54 Å². The normalized spacial score (nSPS) is 13.0. The van der Waals surface area contributed by atoms with Crippen molar-refractivity contribution in [2.24, 2.45) is 0 Å². The van der Waals surface area contributed by atoms with E-state index in [4.69, 9.17) is 4.42 Å². The highest BCUT2D eigenvalue weighted by Crippen LogP contribution is 2.26. The average molecular weight is 371 g/mol. The Morgan fingerprint density at radius 2 is 2.25 bits per heavy atom. The van der Waals surface area contributed by atoms with Gasteiger partial charge in [-0.05, 0) is 62.8 Å². The number of rotatable bonds is 7. The minimum atomic E-state index is 0.529. The molecule has 0 aliphatic rings. The summed E-state index contributed by atoms with van der Waals surface area (Å²) in [5, 5.41) is 3.45. The molecule has 0 bridgehead atoms. The van der Waals surface area contributed by atoms with E-state index in [1.54, 1.807) is 0 Å². The van der Waals surface area contributed by atoms with Gasteiger partial charge in [-0.1, -0.05) is 6.92 Å². The lowest BCUT2D eigenvalue weighted by Crippen LogP contribution is -2.25.